The maximum atomic E-state index is 14.6. The number of aromatic nitrogens is 1. The summed E-state index contributed by atoms with van der Waals surface area (Å²) in [5, 5.41) is 5.50. The van der Waals surface area contributed by atoms with E-state index < -0.39 is 35.7 Å². The Morgan fingerprint density at radius 2 is 1.54 bits per heavy atom. The van der Waals surface area contributed by atoms with Crippen molar-refractivity contribution in [2.75, 3.05) is 5.32 Å². The summed E-state index contributed by atoms with van der Waals surface area (Å²) in [6, 6.07) is 20.6. The number of carbonyl (C=O) groups is 1. The number of amides is 2. The minimum atomic E-state index is -4.63. The zero-order chi connectivity index (χ0) is 29.8. The fraction of sp³-hybridized carbons (Fsp3) is 0.250. The number of anilines is 1. The van der Waals surface area contributed by atoms with Gasteiger partial charge in [0.15, 0.2) is 0 Å². The number of urea groups is 1. The predicted molar refractivity (Wildman–Crippen MR) is 149 cm³/mol. The van der Waals surface area contributed by atoms with Crippen LogP contribution in [0.5, 0.6) is 0 Å². The fourth-order valence-corrected chi connectivity index (χ4v) is 4.79. The highest BCUT2D eigenvalue weighted by molar-refractivity contribution is 5.90. The van der Waals surface area contributed by atoms with Gasteiger partial charge in [-0.1, -0.05) is 55.5 Å². The first-order valence-corrected chi connectivity index (χ1v) is 13.1. The fourth-order valence-electron chi connectivity index (χ4n) is 4.79. The topological polar surface area (TPSA) is 54.0 Å². The maximum Gasteiger partial charge on any atom is 0.416 e. The summed E-state index contributed by atoms with van der Waals surface area (Å²) in [6.07, 6.45) is -3.46. The van der Waals surface area contributed by atoms with Crippen LogP contribution in [0.1, 0.15) is 52.4 Å². The average molecular weight is 568 g/mol. The van der Waals surface area contributed by atoms with E-state index in [2.05, 4.69) is 15.6 Å². The average Bonchev–Trinajstić information content (AvgIpc) is 2.93. The van der Waals surface area contributed by atoms with Gasteiger partial charge in [0.05, 0.1) is 11.3 Å². The summed E-state index contributed by atoms with van der Waals surface area (Å²) in [7, 11) is 0. The minimum Gasteiger partial charge on any atom is -0.322 e. The number of hydrogen-bond acceptors (Lipinski definition) is 2. The van der Waals surface area contributed by atoms with Crippen molar-refractivity contribution in [2.24, 2.45) is 0 Å². The smallest absolute Gasteiger partial charge is 0.322 e. The van der Waals surface area contributed by atoms with Crippen LogP contribution in [0.2, 0.25) is 0 Å². The quantitative estimate of drug-likeness (QED) is 0.210. The molecule has 2 amide bonds. The van der Waals surface area contributed by atoms with Crippen LogP contribution in [0, 0.1) is 13.8 Å². The summed E-state index contributed by atoms with van der Waals surface area (Å²) in [5.74, 6) is -3.10. The van der Waals surface area contributed by atoms with Crippen LogP contribution in [0.3, 0.4) is 0 Å². The number of benzene rings is 3. The molecule has 41 heavy (non-hydrogen) atoms. The second-order valence-corrected chi connectivity index (χ2v) is 10.0. The van der Waals surface area contributed by atoms with Gasteiger partial charge < -0.3 is 10.6 Å². The van der Waals surface area contributed by atoms with Crippen LogP contribution in [0.25, 0.3) is 0 Å². The first-order chi connectivity index (χ1) is 19.3. The molecule has 4 nitrogen and oxygen atoms in total. The van der Waals surface area contributed by atoms with Crippen molar-refractivity contribution < 1.29 is 26.7 Å². The molecule has 0 aliphatic rings. The zero-order valence-electron chi connectivity index (χ0n) is 22.8. The Bertz CT molecular complexity index is 1520. The molecule has 4 rings (SSSR count). The third-order valence-electron chi connectivity index (χ3n) is 7.01. The lowest BCUT2D eigenvalue weighted by Crippen LogP contribution is -2.50. The Morgan fingerprint density at radius 1 is 0.829 bits per heavy atom. The molecule has 9 heteroatoms. The molecule has 0 saturated carbocycles. The lowest BCUT2D eigenvalue weighted by atomic mass is 9.79. The summed E-state index contributed by atoms with van der Waals surface area (Å²) >= 11 is 0. The molecule has 214 valence electrons. The Kier molecular flexibility index (Phi) is 8.47. The van der Waals surface area contributed by atoms with E-state index in [-0.39, 0.29) is 23.2 Å². The van der Waals surface area contributed by atoms with E-state index in [0.717, 1.165) is 23.3 Å². The van der Waals surface area contributed by atoms with Gasteiger partial charge in [0.2, 0.25) is 0 Å². The van der Waals surface area contributed by atoms with E-state index in [1.807, 2.05) is 13.0 Å². The van der Waals surface area contributed by atoms with E-state index >= 15 is 0 Å². The van der Waals surface area contributed by atoms with Gasteiger partial charge in [-0.25, -0.2) is 13.6 Å². The van der Waals surface area contributed by atoms with Crippen molar-refractivity contribution >= 4 is 11.7 Å². The second kappa shape index (κ2) is 11.7. The number of aryl methyl sites for hydroxylation is 2. The first kappa shape index (κ1) is 29.7. The van der Waals surface area contributed by atoms with Crippen LogP contribution in [0.15, 0.2) is 91.1 Å². The van der Waals surface area contributed by atoms with Gasteiger partial charge in [-0.3, -0.25) is 4.98 Å². The lowest BCUT2D eigenvalue weighted by Gasteiger charge is -2.36. The number of rotatable bonds is 8. The Balaban J connectivity index is 1.85. The molecule has 2 N–H and O–H groups in total. The van der Waals surface area contributed by atoms with Crippen LogP contribution in [-0.2, 0) is 24.1 Å². The molecule has 4 aromatic rings. The summed E-state index contributed by atoms with van der Waals surface area (Å²) in [6.45, 7) is 4.74. The van der Waals surface area contributed by atoms with Gasteiger partial charge in [-0.15, -0.1) is 0 Å². The van der Waals surface area contributed by atoms with Crippen LogP contribution in [0.4, 0.5) is 32.4 Å². The highest BCUT2D eigenvalue weighted by Gasteiger charge is 2.40. The number of hydrogen-bond donors (Lipinski definition) is 2. The third kappa shape index (κ3) is 6.73. The van der Waals surface area contributed by atoms with Crippen molar-refractivity contribution in [2.45, 2.75) is 51.3 Å². The summed E-state index contributed by atoms with van der Waals surface area (Å²) in [5.41, 5.74) is -0.177. The number of nitrogens with one attached hydrogen (secondary N) is 2. The number of nitrogens with zero attached hydrogens (tertiary/aromatic N) is 1. The molecular formula is C32H30F5N3O. The molecule has 1 atom stereocenters. The van der Waals surface area contributed by atoms with Crippen LogP contribution < -0.4 is 10.6 Å². The Labute approximate surface area is 235 Å². The normalized spacial score (nSPS) is 13.4. The van der Waals surface area contributed by atoms with Gasteiger partial charge in [0, 0.05) is 30.3 Å². The maximum absolute atomic E-state index is 14.6. The molecule has 0 fully saturated rings. The standard InChI is InChI=1S/C32H30F5N3O/c1-4-31(33,34)27-19-26(14-13-22(27)3)39-29(41)40-30(20-23-9-6-5-7-10-23,28-17-21(2)15-16-38-28)24-11-8-12-25(18-24)32(35,36)37/h5-19H,4,20H2,1-3H3,(H2,39,40,41). The van der Waals surface area contributed by atoms with Crippen molar-refractivity contribution in [3.63, 3.8) is 0 Å². The van der Waals surface area contributed by atoms with E-state index in [0.29, 0.717) is 11.3 Å². The van der Waals surface area contributed by atoms with E-state index in [4.69, 9.17) is 0 Å². The summed E-state index contributed by atoms with van der Waals surface area (Å²) < 4.78 is 70.6. The molecule has 1 heterocycles. The monoisotopic (exact) mass is 567 g/mol. The number of carbonyl (C=O) groups excluding carboxylic acids is 1. The van der Waals surface area contributed by atoms with E-state index in [9.17, 15) is 26.7 Å². The first-order valence-electron chi connectivity index (χ1n) is 13.1. The molecule has 3 aromatic carbocycles. The van der Waals surface area contributed by atoms with Gasteiger partial charge >= 0.3 is 12.2 Å². The number of pyridine rings is 1. The number of alkyl halides is 5. The SMILES string of the molecule is CCC(F)(F)c1cc(NC(=O)NC(Cc2ccccc2)(c2cccc(C(F)(F)F)c2)c2cc(C)ccn2)ccc1C. The molecule has 0 bridgehead atoms. The summed E-state index contributed by atoms with van der Waals surface area (Å²) in [4.78, 5) is 18.1. The molecular weight excluding hydrogens is 537 g/mol. The zero-order valence-corrected chi connectivity index (χ0v) is 22.8. The second-order valence-electron chi connectivity index (χ2n) is 10.0. The molecule has 0 aliphatic carbocycles. The van der Waals surface area contributed by atoms with E-state index in [1.54, 1.807) is 43.3 Å². The molecule has 1 unspecified atom stereocenters. The predicted octanol–water partition coefficient (Wildman–Crippen LogP) is 8.53. The molecule has 0 spiro atoms. The Morgan fingerprint density at radius 3 is 2.20 bits per heavy atom. The molecule has 1 aromatic heterocycles. The largest absolute Gasteiger partial charge is 0.416 e. The van der Waals surface area contributed by atoms with Crippen LogP contribution >= 0.6 is 0 Å². The van der Waals surface area contributed by atoms with Crippen molar-refractivity contribution in [1.82, 2.24) is 10.3 Å². The van der Waals surface area contributed by atoms with Gasteiger partial charge in [-0.2, -0.15) is 13.2 Å². The van der Waals surface area contributed by atoms with Gasteiger partial charge in [-0.05, 0) is 72.5 Å². The number of halogens is 5. The van der Waals surface area contributed by atoms with Crippen molar-refractivity contribution in [3.05, 3.63) is 130 Å². The Hall–Kier alpha value is -4.27. The third-order valence-corrected chi connectivity index (χ3v) is 7.01. The van der Waals surface area contributed by atoms with Gasteiger partial charge in [0.25, 0.3) is 5.92 Å². The van der Waals surface area contributed by atoms with Crippen molar-refractivity contribution in [3.8, 4) is 0 Å². The minimum absolute atomic E-state index is 0.0616. The van der Waals surface area contributed by atoms with Gasteiger partial charge in [0.1, 0.15) is 5.54 Å². The highest BCUT2D eigenvalue weighted by Crippen LogP contribution is 2.38. The van der Waals surface area contributed by atoms with E-state index in [1.165, 1.54) is 43.5 Å². The van der Waals surface area contributed by atoms with Crippen LogP contribution in [-0.4, -0.2) is 11.0 Å². The molecule has 0 radical (unpaired) electrons. The van der Waals surface area contributed by atoms with Crippen molar-refractivity contribution in [1.29, 1.82) is 0 Å². The molecule has 0 saturated heterocycles. The highest BCUT2D eigenvalue weighted by atomic mass is 19.4. The lowest BCUT2D eigenvalue weighted by molar-refractivity contribution is -0.137. The molecule has 0 aliphatic heterocycles.